The first-order valence-corrected chi connectivity index (χ1v) is 5.72. The molecule has 19 heavy (non-hydrogen) atoms. The normalized spacial score (nSPS) is 12.9. The van der Waals surface area contributed by atoms with Gasteiger partial charge in [-0.15, -0.1) is 0 Å². The van der Waals surface area contributed by atoms with Crippen molar-refractivity contribution in [2.24, 2.45) is 11.1 Å². The van der Waals surface area contributed by atoms with Gasteiger partial charge >= 0.3 is 5.97 Å². The van der Waals surface area contributed by atoms with Crippen LogP contribution in [0.3, 0.4) is 0 Å². The average molecular weight is 268 g/mol. The van der Waals surface area contributed by atoms with Gasteiger partial charge in [0, 0.05) is 5.69 Å². The Labute approximate surface area is 110 Å². The Kier molecular flexibility index (Phi) is 4.26. The second kappa shape index (κ2) is 5.36. The van der Waals surface area contributed by atoms with E-state index < -0.39 is 34.7 Å². The van der Waals surface area contributed by atoms with Gasteiger partial charge in [0.15, 0.2) is 0 Å². The van der Waals surface area contributed by atoms with Crippen LogP contribution in [-0.2, 0) is 4.79 Å². The van der Waals surface area contributed by atoms with Crippen LogP contribution in [-0.4, -0.2) is 23.0 Å². The number of anilines is 1. The van der Waals surface area contributed by atoms with E-state index in [1.54, 1.807) is 0 Å². The Morgan fingerprint density at radius 2 is 1.95 bits per heavy atom. The molecule has 5 nitrogen and oxygen atoms in total. The number of hydrogen-bond donors (Lipinski definition) is 3. The molecular formula is C13H17FN2O3. The van der Waals surface area contributed by atoms with Gasteiger partial charge in [-0.1, -0.05) is 20.8 Å². The second-order valence-electron chi connectivity index (χ2n) is 5.33. The minimum absolute atomic E-state index is 0.198. The maximum atomic E-state index is 13.2. The lowest BCUT2D eigenvalue weighted by atomic mass is 9.87. The number of carbonyl (C=O) groups excluding carboxylic acids is 1. The number of nitrogens with two attached hydrogens (primary N) is 1. The van der Waals surface area contributed by atoms with Crippen LogP contribution in [0.4, 0.5) is 10.1 Å². The predicted octanol–water partition coefficient (Wildman–Crippen LogP) is 1.84. The van der Waals surface area contributed by atoms with Crippen molar-refractivity contribution in [1.82, 2.24) is 0 Å². The summed E-state index contributed by atoms with van der Waals surface area (Å²) in [4.78, 5) is 22.6. The summed E-state index contributed by atoms with van der Waals surface area (Å²) in [6.07, 6.45) is 0. The molecule has 0 saturated heterocycles. The molecule has 1 aromatic rings. The van der Waals surface area contributed by atoms with Gasteiger partial charge in [-0.25, -0.2) is 9.18 Å². The van der Waals surface area contributed by atoms with Crippen molar-refractivity contribution in [3.8, 4) is 0 Å². The minimum atomic E-state index is -1.39. The molecule has 0 saturated carbocycles. The Morgan fingerprint density at radius 1 is 1.37 bits per heavy atom. The fraction of sp³-hybridized carbons (Fsp3) is 0.385. The molecule has 1 rings (SSSR count). The Morgan fingerprint density at radius 3 is 2.42 bits per heavy atom. The van der Waals surface area contributed by atoms with E-state index in [9.17, 15) is 14.0 Å². The highest BCUT2D eigenvalue weighted by Crippen LogP contribution is 2.20. The van der Waals surface area contributed by atoms with Gasteiger partial charge < -0.3 is 16.2 Å². The van der Waals surface area contributed by atoms with Crippen molar-refractivity contribution in [2.75, 3.05) is 5.32 Å². The highest BCUT2D eigenvalue weighted by atomic mass is 19.1. The molecule has 0 fully saturated rings. The molecule has 0 heterocycles. The molecule has 4 N–H and O–H groups in total. The highest BCUT2D eigenvalue weighted by Gasteiger charge is 2.27. The van der Waals surface area contributed by atoms with Gasteiger partial charge in [-0.05, 0) is 23.6 Å². The third-order valence-corrected chi connectivity index (χ3v) is 2.68. The molecule has 104 valence electrons. The standard InChI is InChI=1S/C13H17FN2O3/c1-13(2,3)10(15)11(17)16-7-4-5-9(14)8(6-7)12(18)19/h4-6,10H,15H2,1-3H3,(H,16,17)(H,18,19)/t10-/m1/s1. The number of carboxylic acids is 1. The van der Waals surface area contributed by atoms with Crippen LogP contribution in [0.15, 0.2) is 18.2 Å². The summed E-state index contributed by atoms with van der Waals surface area (Å²) in [6, 6.07) is 2.58. The molecular weight excluding hydrogens is 251 g/mol. The highest BCUT2D eigenvalue weighted by molar-refractivity contribution is 5.97. The van der Waals surface area contributed by atoms with Crippen molar-refractivity contribution >= 4 is 17.6 Å². The maximum Gasteiger partial charge on any atom is 0.338 e. The Balaban J connectivity index is 2.92. The monoisotopic (exact) mass is 268 g/mol. The molecule has 0 unspecified atom stereocenters. The maximum absolute atomic E-state index is 13.2. The van der Waals surface area contributed by atoms with E-state index in [0.29, 0.717) is 0 Å². The molecule has 0 radical (unpaired) electrons. The average Bonchev–Trinajstić information content (AvgIpc) is 2.29. The van der Waals surface area contributed by atoms with Crippen LogP contribution in [0.5, 0.6) is 0 Å². The van der Waals surface area contributed by atoms with E-state index in [0.717, 1.165) is 12.1 Å². The SMILES string of the molecule is CC(C)(C)[C@H](N)C(=O)Nc1ccc(F)c(C(=O)O)c1. The zero-order valence-corrected chi connectivity index (χ0v) is 11.0. The Bertz CT molecular complexity index is 509. The lowest BCUT2D eigenvalue weighted by Crippen LogP contribution is -2.45. The van der Waals surface area contributed by atoms with Gasteiger partial charge in [-0.3, -0.25) is 4.79 Å². The molecule has 6 heteroatoms. The number of carbonyl (C=O) groups is 2. The number of carboxylic acid groups (broad SMARTS) is 1. The lowest BCUT2D eigenvalue weighted by molar-refractivity contribution is -0.119. The van der Waals surface area contributed by atoms with Crippen LogP contribution in [0, 0.1) is 11.2 Å². The van der Waals surface area contributed by atoms with Crippen LogP contribution < -0.4 is 11.1 Å². The summed E-state index contributed by atoms with van der Waals surface area (Å²) >= 11 is 0. The molecule has 0 aliphatic rings. The van der Waals surface area contributed by atoms with Crippen molar-refractivity contribution in [2.45, 2.75) is 26.8 Å². The quantitative estimate of drug-likeness (QED) is 0.779. The number of halogens is 1. The zero-order chi connectivity index (χ0) is 14.8. The zero-order valence-electron chi connectivity index (χ0n) is 11.0. The molecule has 0 aliphatic carbocycles. The van der Waals surface area contributed by atoms with E-state index >= 15 is 0 Å². The largest absolute Gasteiger partial charge is 0.478 e. The summed E-state index contributed by atoms with van der Waals surface area (Å²) in [5, 5.41) is 11.3. The smallest absolute Gasteiger partial charge is 0.338 e. The minimum Gasteiger partial charge on any atom is -0.478 e. The fourth-order valence-corrected chi connectivity index (χ4v) is 1.38. The lowest BCUT2D eigenvalue weighted by Gasteiger charge is -2.25. The van der Waals surface area contributed by atoms with Gasteiger partial charge in [0.25, 0.3) is 0 Å². The number of rotatable bonds is 3. The molecule has 0 aromatic heterocycles. The van der Waals surface area contributed by atoms with Crippen LogP contribution in [0.25, 0.3) is 0 Å². The van der Waals surface area contributed by atoms with E-state index in [-0.39, 0.29) is 5.69 Å². The predicted molar refractivity (Wildman–Crippen MR) is 69.4 cm³/mol. The molecule has 1 atom stereocenters. The number of amides is 1. The first-order chi connectivity index (χ1) is 8.62. The van der Waals surface area contributed by atoms with Gasteiger partial charge in [0.05, 0.1) is 11.6 Å². The van der Waals surface area contributed by atoms with Gasteiger partial charge in [0.1, 0.15) is 5.82 Å². The first kappa shape index (κ1) is 15.1. The van der Waals surface area contributed by atoms with E-state index in [1.165, 1.54) is 6.07 Å². The number of aromatic carboxylic acids is 1. The second-order valence-corrected chi connectivity index (χ2v) is 5.33. The molecule has 0 aliphatic heterocycles. The van der Waals surface area contributed by atoms with Crippen LogP contribution >= 0.6 is 0 Å². The fourth-order valence-electron chi connectivity index (χ4n) is 1.38. The van der Waals surface area contributed by atoms with Crippen molar-refractivity contribution in [3.05, 3.63) is 29.6 Å². The molecule has 0 spiro atoms. The summed E-state index contributed by atoms with van der Waals surface area (Å²) < 4.78 is 13.2. The van der Waals surface area contributed by atoms with Crippen molar-refractivity contribution in [1.29, 1.82) is 0 Å². The van der Waals surface area contributed by atoms with Crippen LogP contribution in [0.2, 0.25) is 0 Å². The summed E-state index contributed by atoms with van der Waals surface area (Å²) in [7, 11) is 0. The number of nitrogens with one attached hydrogen (secondary N) is 1. The van der Waals surface area contributed by atoms with Crippen LogP contribution in [0.1, 0.15) is 31.1 Å². The van der Waals surface area contributed by atoms with Gasteiger partial charge in [0.2, 0.25) is 5.91 Å². The number of hydrogen-bond acceptors (Lipinski definition) is 3. The van der Waals surface area contributed by atoms with Gasteiger partial charge in [-0.2, -0.15) is 0 Å². The first-order valence-electron chi connectivity index (χ1n) is 5.72. The summed E-state index contributed by atoms with van der Waals surface area (Å²) in [5.41, 5.74) is 5.04. The Hall–Kier alpha value is -1.95. The summed E-state index contributed by atoms with van der Waals surface area (Å²) in [6.45, 7) is 5.43. The van der Waals surface area contributed by atoms with Crippen molar-refractivity contribution in [3.63, 3.8) is 0 Å². The molecule has 1 aromatic carbocycles. The number of benzene rings is 1. The van der Waals surface area contributed by atoms with E-state index in [4.69, 9.17) is 10.8 Å². The van der Waals surface area contributed by atoms with E-state index in [1.807, 2.05) is 20.8 Å². The summed E-state index contributed by atoms with van der Waals surface area (Å²) in [5.74, 6) is -2.70. The third kappa shape index (κ3) is 3.75. The topological polar surface area (TPSA) is 92.4 Å². The molecule has 1 amide bonds. The van der Waals surface area contributed by atoms with E-state index in [2.05, 4.69) is 5.32 Å². The molecule has 0 bridgehead atoms. The third-order valence-electron chi connectivity index (χ3n) is 2.68. The van der Waals surface area contributed by atoms with Crippen molar-refractivity contribution < 1.29 is 19.1 Å².